The molecule has 5 nitrogen and oxygen atoms in total. The Morgan fingerprint density at radius 2 is 1.72 bits per heavy atom. The van der Waals surface area contributed by atoms with Crippen LogP contribution in [-0.2, 0) is 27.7 Å². The molecule has 1 aliphatic carbocycles. The number of sulfonamides is 1. The summed E-state index contributed by atoms with van der Waals surface area (Å²) in [7, 11) is -3.61. The van der Waals surface area contributed by atoms with E-state index in [9.17, 15) is 13.2 Å². The van der Waals surface area contributed by atoms with Gasteiger partial charge in [0, 0.05) is 0 Å². The predicted molar refractivity (Wildman–Crippen MR) is 117 cm³/mol. The first-order valence-corrected chi connectivity index (χ1v) is 12.1. The fourth-order valence-electron chi connectivity index (χ4n) is 4.07. The van der Waals surface area contributed by atoms with Gasteiger partial charge in [-0.15, -0.1) is 0 Å². The second-order valence-electron chi connectivity index (χ2n) is 7.78. The van der Waals surface area contributed by atoms with Crippen LogP contribution in [0.25, 0.3) is 0 Å². The molecule has 0 radical (unpaired) electrons. The van der Waals surface area contributed by atoms with Gasteiger partial charge in [0.05, 0.1) is 18.0 Å². The van der Waals surface area contributed by atoms with Crippen LogP contribution in [0, 0.1) is 0 Å². The fraction of sp³-hybridized carbons (Fsp3) is 0.435. The molecule has 2 atom stereocenters. The minimum atomic E-state index is -3.61. The van der Waals surface area contributed by atoms with Crippen molar-refractivity contribution in [3.63, 3.8) is 0 Å². The molecule has 1 aliphatic rings. The molecule has 0 spiro atoms. The highest BCUT2D eigenvalue weighted by atomic mass is 32.2. The third-order valence-electron chi connectivity index (χ3n) is 5.60. The third kappa shape index (κ3) is 4.99. The molecule has 0 saturated carbocycles. The number of amides is 1. The van der Waals surface area contributed by atoms with Gasteiger partial charge in [0.25, 0.3) is 0 Å². The lowest BCUT2D eigenvalue weighted by atomic mass is 9.88. The Labute approximate surface area is 174 Å². The van der Waals surface area contributed by atoms with Gasteiger partial charge in [0.1, 0.15) is 6.04 Å². The van der Waals surface area contributed by atoms with Crippen LogP contribution < -0.4 is 9.62 Å². The zero-order chi connectivity index (χ0) is 21.0. The summed E-state index contributed by atoms with van der Waals surface area (Å²) in [6.07, 6.45) is 6.51. The minimum absolute atomic E-state index is 0.144. The Hall–Kier alpha value is -2.34. The lowest BCUT2D eigenvalue weighted by Gasteiger charge is -2.30. The van der Waals surface area contributed by atoms with Crippen molar-refractivity contribution in [2.45, 2.75) is 58.0 Å². The highest BCUT2D eigenvalue weighted by Gasteiger charge is 2.30. The smallest absolute Gasteiger partial charge is 0.244 e. The average molecular weight is 415 g/mol. The summed E-state index contributed by atoms with van der Waals surface area (Å²) in [4.78, 5) is 13.0. The molecule has 156 valence electrons. The topological polar surface area (TPSA) is 66.5 Å². The molecule has 2 aromatic carbocycles. The van der Waals surface area contributed by atoms with Gasteiger partial charge in [-0.3, -0.25) is 9.10 Å². The maximum Gasteiger partial charge on any atom is 0.244 e. The molecule has 0 aromatic heterocycles. The summed E-state index contributed by atoms with van der Waals surface area (Å²) in [5.74, 6) is -0.302. The lowest BCUT2D eigenvalue weighted by Crippen LogP contribution is -2.48. The predicted octanol–water partition coefficient (Wildman–Crippen LogP) is 3.99. The van der Waals surface area contributed by atoms with Crippen molar-refractivity contribution >= 4 is 21.6 Å². The second kappa shape index (κ2) is 8.99. The number of anilines is 1. The molecule has 2 aromatic rings. The lowest BCUT2D eigenvalue weighted by molar-refractivity contribution is -0.122. The van der Waals surface area contributed by atoms with Crippen LogP contribution in [0.1, 0.15) is 55.8 Å². The molecule has 0 saturated heterocycles. The first-order chi connectivity index (χ1) is 13.8. The van der Waals surface area contributed by atoms with E-state index in [2.05, 4.69) is 23.5 Å². The van der Waals surface area contributed by atoms with E-state index in [0.717, 1.165) is 31.1 Å². The molecule has 1 N–H and O–H groups in total. The zero-order valence-electron chi connectivity index (χ0n) is 17.4. The largest absolute Gasteiger partial charge is 0.347 e. The molecule has 0 fully saturated rings. The molecule has 6 heteroatoms. The third-order valence-corrected chi connectivity index (χ3v) is 6.84. The highest BCUT2D eigenvalue weighted by Crippen LogP contribution is 2.27. The average Bonchev–Trinajstić information content (AvgIpc) is 2.71. The number of benzene rings is 2. The van der Waals surface area contributed by atoms with Gasteiger partial charge in [0.2, 0.25) is 15.9 Å². The van der Waals surface area contributed by atoms with Crippen molar-refractivity contribution < 1.29 is 13.2 Å². The standard InChI is InChI=1S/C23H30N2O3S/c1-4-22(20-15-14-18-10-8-9-11-19(18)16-20)24-23(26)17(2)25(29(3,27)28)21-12-6-5-7-13-21/h5-7,12-17,22H,4,8-11H2,1-3H3,(H,24,26)/t17-,22-/m1/s1. The Kier molecular flexibility index (Phi) is 6.63. The zero-order valence-corrected chi connectivity index (χ0v) is 18.2. The number of para-hydroxylation sites is 1. The molecular formula is C23H30N2O3S. The van der Waals surface area contributed by atoms with Crippen molar-refractivity contribution in [3.8, 4) is 0 Å². The van der Waals surface area contributed by atoms with Gasteiger partial charge in [-0.2, -0.15) is 0 Å². The van der Waals surface area contributed by atoms with Gasteiger partial charge in [-0.1, -0.05) is 43.3 Å². The van der Waals surface area contributed by atoms with E-state index < -0.39 is 16.1 Å². The van der Waals surface area contributed by atoms with Gasteiger partial charge >= 0.3 is 0 Å². The van der Waals surface area contributed by atoms with Gasteiger partial charge in [-0.25, -0.2) is 8.42 Å². The molecule has 0 bridgehead atoms. The van der Waals surface area contributed by atoms with Crippen LogP contribution >= 0.6 is 0 Å². The molecular weight excluding hydrogens is 384 g/mol. The Balaban J connectivity index is 1.81. The monoisotopic (exact) mass is 414 g/mol. The van der Waals surface area contributed by atoms with Crippen molar-refractivity contribution in [1.82, 2.24) is 5.32 Å². The van der Waals surface area contributed by atoms with E-state index in [4.69, 9.17) is 0 Å². The number of nitrogens with zero attached hydrogens (tertiary/aromatic N) is 1. The molecule has 0 unspecified atom stereocenters. The molecule has 1 amide bonds. The number of hydrogen-bond acceptors (Lipinski definition) is 3. The number of carbonyl (C=O) groups excluding carboxylic acids is 1. The van der Waals surface area contributed by atoms with Gasteiger partial charge in [-0.05, 0) is 67.9 Å². The number of nitrogens with one attached hydrogen (secondary N) is 1. The number of hydrogen-bond donors (Lipinski definition) is 1. The van der Waals surface area contributed by atoms with Crippen LogP contribution in [0.4, 0.5) is 5.69 Å². The number of aryl methyl sites for hydroxylation is 2. The van der Waals surface area contributed by atoms with E-state index >= 15 is 0 Å². The SMILES string of the molecule is CC[C@@H](NC(=O)[C@@H](C)N(c1ccccc1)S(C)(=O)=O)c1ccc2c(c1)CCCC2. The van der Waals surface area contributed by atoms with E-state index in [-0.39, 0.29) is 11.9 Å². The van der Waals surface area contributed by atoms with Crippen LogP contribution in [0.2, 0.25) is 0 Å². The maximum atomic E-state index is 13.0. The van der Waals surface area contributed by atoms with E-state index in [1.807, 2.05) is 13.0 Å². The van der Waals surface area contributed by atoms with E-state index in [1.54, 1.807) is 31.2 Å². The first-order valence-electron chi connectivity index (χ1n) is 10.3. The quantitative estimate of drug-likeness (QED) is 0.745. The summed E-state index contributed by atoms with van der Waals surface area (Å²) in [5.41, 5.74) is 4.34. The van der Waals surface area contributed by atoms with Crippen LogP contribution in [0.3, 0.4) is 0 Å². The number of carbonyl (C=O) groups is 1. The summed E-state index contributed by atoms with van der Waals surface area (Å²) in [6, 6.07) is 14.2. The van der Waals surface area contributed by atoms with Gasteiger partial charge < -0.3 is 5.32 Å². The number of fused-ring (bicyclic) bond motifs is 1. The van der Waals surface area contributed by atoms with E-state index in [1.165, 1.54) is 28.3 Å². The van der Waals surface area contributed by atoms with Crippen molar-refractivity contribution in [2.75, 3.05) is 10.6 Å². The molecule has 0 aliphatic heterocycles. The summed E-state index contributed by atoms with van der Waals surface area (Å²) >= 11 is 0. The first kappa shape index (κ1) is 21.4. The Morgan fingerprint density at radius 3 is 2.34 bits per heavy atom. The summed E-state index contributed by atoms with van der Waals surface area (Å²) in [5, 5.41) is 3.07. The Bertz CT molecular complexity index is 957. The molecule has 3 rings (SSSR count). The summed E-state index contributed by atoms with van der Waals surface area (Å²) in [6.45, 7) is 3.66. The summed E-state index contributed by atoms with van der Waals surface area (Å²) < 4.78 is 26.0. The van der Waals surface area contributed by atoms with Crippen molar-refractivity contribution in [3.05, 3.63) is 65.2 Å². The number of rotatable bonds is 7. The van der Waals surface area contributed by atoms with Crippen LogP contribution in [0.15, 0.2) is 48.5 Å². The highest BCUT2D eigenvalue weighted by molar-refractivity contribution is 7.92. The fourth-order valence-corrected chi connectivity index (χ4v) is 5.24. The minimum Gasteiger partial charge on any atom is -0.347 e. The van der Waals surface area contributed by atoms with Crippen LogP contribution in [0.5, 0.6) is 0 Å². The molecule has 0 heterocycles. The van der Waals surface area contributed by atoms with Crippen molar-refractivity contribution in [1.29, 1.82) is 0 Å². The van der Waals surface area contributed by atoms with Crippen molar-refractivity contribution in [2.24, 2.45) is 0 Å². The Morgan fingerprint density at radius 1 is 1.07 bits per heavy atom. The normalized spacial score (nSPS) is 15.8. The van der Waals surface area contributed by atoms with Gasteiger partial charge in [0.15, 0.2) is 0 Å². The maximum absolute atomic E-state index is 13.0. The van der Waals surface area contributed by atoms with Crippen LogP contribution in [-0.4, -0.2) is 26.6 Å². The molecule has 29 heavy (non-hydrogen) atoms. The second-order valence-corrected chi connectivity index (χ2v) is 9.63. The van der Waals surface area contributed by atoms with E-state index in [0.29, 0.717) is 5.69 Å².